The number of aliphatic hydroxyl groups excluding tert-OH is 1. The topological polar surface area (TPSA) is 55.8 Å². The second-order valence-corrected chi connectivity index (χ2v) is 14.8. The summed E-state index contributed by atoms with van der Waals surface area (Å²) in [5.41, 5.74) is 3.16. The van der Waals surface area contributed by atoms with Crippen LogP contribution in [0, 0.1) is 0 Å². The first kappa shape index (κ1) is 30.3. The molecule has 0 bridgehead atoms. The molecule has 182 valence electrons. The van der Waals surface area contributed by atoms with E-state index in [1.807, 2.05) is 45.1 Å². The van der Waals surface area contributed by atoms with Gasteiger partial charge in [0, 0.05) is 12.2 Å². The average Bonchev–Trinajstić information content (AvgIpc) is 2.63. The molecule has 0 aromatic rings. The molecule has 4 nitrogen and oxygen atoms in total. The SMILES string of the molecule is CCOC(=O)/C=C/C(C)=C/C(C)=C/C=C/C(C)=C/C[C@@H](O)C[C@H](C)O[Si](C)(C)C(C)(C)C. The molecule has 0 aromatic heterocycles. The Morgan fingerprint density at radius 2 is 1.66 bits per heavy atom. The Balaban J connectivity index is 4.69. The number of ether oxygens (including phenoxy) is 1. The van der Waals surface area contributed by atoms with Crippen molar-refractivity contribution in [3.05, 3.63) is 59.3 Å². The maximum Gasteiger partial charge on any atom is 0.330 e. The van der Waals surface area contributed by atoms with Gasteiger partial charge in [-0.25, -0.2) is 4.79 Å². The van der Waals surface area contributed by atoms with E-state index in [1.165, 1.54) is 6.08 Å². The van der Waals surface area contributed by atoms with Gasteiger partial charge >= 0.3 is 5.97 Å². The molecule has 0 radical (unpaired) electrons. The Bertz CT molecular complexity index is 733. The van der Waals surface area contributed by atoms with E-state index >= 15 is 0 Å². The van der Waals surface area contributed by atoms with Gasteiger partial charge in [-0.05, 0) is 65.6 Å². The highest BCUT2D eigenvalue weighted by atomic mass is 28.4. The van der Waals surface area contributed by atoms with Gasteiger partial charge in [-0.1, -0.05) is 73.9 Å². The molecule has 0 rings (SSSR count). The van der Waals surface area contributed by atoms with Gasteiger partial charge in [0.15, 0.2) is 8.32 Å². The molecule has 32 heavy (non-hydrogen) atoms. The fraction of sp³-hybridized carbons (Fsp3) is 0.593. The lowest BCUT2D eigenvalue weighted by Gasteiger charge is -2.38. The van der Waals surface area contributed by atoms with Crippen molar-refractivity contribution in [2.75, 3.05) is 6.61 Å². The summed E-state index contributed by atoms with van der Waals surface area (Å²) in [6.07, 6.45) is 14.2. The Labute approximate surface area is 197 Å². The molecule has 0 saturated heterocycles. The lowest BCUT2D eigenvalue weighted by Crippen LogP contribution is -2.43. The van der Waals surface area contributed by atoms with Crippen molar-refractivity contribution in [3.63, 3.8) is 0 Å². The van der Waals surface area contributed by atoms with Gasteiger partial charge in [0.25, 0.3) is 0 Å². The lowest BCUT2D eigenvalue weighted by atomic mass is 10.1. The highest BCUT2D eigenvalue weighted by Crippen LogP contribution is 2.37. The van der Waals surface area contributed by atoms with Gasteiger partial charge in [-0.2, -0.15) is 0 Å². The van der Waals surface area contributed by atoms with Crippen molar-refractivity contribution in [2.24, 2.45) is 0 Å². The van der Waals surface area contributed by atoms with E-state index in [-0.39, 0.29) is 17.1 Å². The van der Waals surface area contributed by atoms with Crippen LogP contribution in [0.4, 0.5) is 0 Å². The summed E-state index contributed by atoms with van der Waals surface area (Å²) in [4.78, 5) is 11.4. The first-order valence-corrected chi connectivity index (χ1v) is 14.5. The minimum absolute atomic E-state index is 0.0497. The predicted molar refractivity (Wildman–Crippen MR) is 139 cm³/mol. The third kappa shape index (κ3) is 13.7. The van der Waals surface area contributed by atoms with Crippen molar-refractivity contribution in [1.82, 2.24) is 0 Å². The van der Waals surface area contributed by atoms with E-state index < -0.39 is 14.4 Å². The first-order valence-electron chi connectivity index (χ1n) is 11.6. The fourth-order valence-electron chi connectivity index (χ4n) is 2.79. The molecule has 0 aliphatic rings. The molecule has 0 aliphatic carbocycles. The number of allylic oxidation sites excluding steroid dienone is 8. The van der Waals surface area contributed by atoms with Crippen LogP contribution in [0.2, 0.25) is 18.1 Å². The largest absolute Gasteiger partial charge is 0.463 e. The van der Waals surface area contributed by atoms with Crippen molar-refractivity contribution in [3.8, 4) is 0 Å². The molecule has 0 aromatic carbocycles. The van der Waals surface area contributed by atoms with Crippen LogP contribution >= 0.6 is 0 Å². The molecular formula is C27H46O4Si. The minimum Gasteiger partial charge on any atom is -0.463 e. The van der Waals surface area contributed by atoms with Gasteiger partial charge < -0.3 is 14.3 Å². The molecule has 0 saturated carbocycles. The third-order valence-corrected chi connectivity index (χ3v) is 10.2. The minimum atomic E-state index is -1.81. The van der Waals surface area contributed by atoms with Crippen LogP contribution < -0.4 is 0 Å². The summed E-state index contributed by atoms with van der Waals surface area (Å²) in [7, 11) is -1.81. The highest BCUT2D eigenvalue weighted by molar-refractivity contribution is 6.74. The molecule has 0 spiro atoms. The van der Waals surface area contributed by atoms with E-state index in [2.05, 4.69) is 46.9 Å². The van der Waals surface area contributed by atoms with Gasteiger partial charge in [-0.15, -0.1) is 0 Å². The molecule has 0 fully saturated rings. The van der Waals surface area contributed by atoms with Gasteiger partial charge in [0.1, 0.15) is 0 Å². The molecule has 0 amide bonds. The van der Waals surface area contributed by atoms with Crippen LogP contribution in [0.5, 0.6) is 0 Å². The van der Waals surface area contributed by atoms with Crippen LogP contribution in [-0.4, -0.2) is 38.2 Å². The zero-order valence-electron chi connectivity index (χ0n) is 22.0. The number of aliphatic hydroxyl groups is 1. The lowest BCUT2D eigenvalue weighted by molar-refractivity contribution is -0.137. The number of hydrogen-bond donors (Lipinski definition) is 1. The standard InChI is InChI=1S/C27H46O4Si/c1-11-30-26(29)18-16-23(4)19-22(3)14-12-13-21(2)15-17-25(28)20-24(5)31-32(9,10)27(6,7)8/h12-16,18-19,24-25,28H,11,17,20H2,1-10H3/b13-12+,18-16+,21-15+,22-14+,23-19+/t24-,25+/m0/s1. The van der Waals surface area contributed by atoms with Gasteiger partial charge in [0.2, 0.25) is 0 Å². The maximum absolute atomic E-state index is 11.4. The predicted octanol–water partition coefficient (Wildman–Crippen LogP) is 7.05. The maximum atomic E-state index is 11.4. The number of esters is 1. The van der Waals surface area contributed by atoms with Crippen molar-refractivity contribution in [2.45, 2.75) is 98.6 Å². The van der Waals surface area contributed by atoms with Crippen LogP contribution in [0.15, 0.2) is 59.3 Å². The van der Waals surface area contributed by atoms with E-state index in [9.17, 15) is 9.90 Å². The third-order valence-electron chi connectivity index (χ3n) is 5.56. The number of rotatable bonds is 12. The van der Waals surface area contributed by atoms with E-state index in [0.29, 0.717) is 19.4 Å². The molecule has 0 aliphatic heterocycles. The summed E-state index contributed by atoms with van der Waals surface area (Å²) in [5, 5.41) is 10.6. The zero-order valence-corrected chi connectivity index (χ0v) is 23.0. The summed E-state index contributed by atoms with van der Waals surface area (Å²) < 4.78 is 11.2. The van der Waals surface area contributed by atoms with Crippen LogP contribution in [0.1, 0.15) is 68.2 Å². The summed E-state index contributed by atoms with van der Waals surface area (Å²) in [6.45, 7) is 21.4. The number of hydrogen-bond acceptors (Lipinski definition) is 4. The van der Waals surface area contributed by atoms with Gasteiger partial charge in [-0.3, -0.25) is 0 Å². The molecule has 0 heterocycles. The van der Waals surface area contributed by atoms with Crippen molar-refractivity contribution in [1.29, 1.82) is 0 Å². The highest BCUT2D eigenvalue weighted by Gasteiger charge is 2.38. The second kappa shape index (κ2) is 14.5. The fourth-order valence-corrected chi connectivity index (χ4v) is 4.25. The zero-order chi connectivity index (χ0) is 24.9. The Morgan fingerprint density at radius 1 is 1.03 bits per heavy atom. The molecule has 0 unspecified atom stereocenters. The number of carbonyl (C=O) groups excluding carboxylic acids is 1. The van der Waals surface area contributed by atoms with Crippen LogP contribution in [0.25, 0.3) is 0 Å². The normalized spacial score (nSPS) is 16.7. The monoisotopic (exact) mass is 462 g/mol. The van der Waals surface area contributed by atoms with Crippen molar-refractivity contribution < 1.29 is 19.1 Å². The number of carbonyl (C=O) groups is 1. The molecule has 2 atom stereocenters. The Kier molecular flexibility index (Phi) is 13.7. The summed E-state index contributed by atoms with van der Waals surface area (Å²) >= 11 is 0. The summed E-state index contributed by atoms with van der Waals surface area (Å²) in [6, 6.07) is 0. The van der Waals surface area contributed by atoms with E-state index in [4.69, 9.17) is 9.16 Å². The Morgan fingerprint density at radius 3 is 2.22 bits per heavy atom. The quantitative estimate of drug-likeness (QED) is 0.146. The Hall–Kier alpha value is -1.69. The molecule has 5 heteroatoms. The van der Waals surface area contributed by atoms with Crippen LogP contribution in [0.3, 0.4) is 0 Å². The van der Waals surface area contributed by atoms with Gasteiger partial charge in [0.05, 0.1) is 12.7 Å². The van der Waals surface area contributed by atoms with Crippen LogP contribution in [-0.2, 0) is 14.0 Å². The van der Waals surface area contributed by atoms with E-state index in [1.54, 1.807) is 13.0 Å². The molecule has 1 N–H and O–H groups in total. The van der Waals surface area contributed by atoms with Crippen molar-refractivity contribution >= 4 is 14.3 Å². The first-order chi connectivity index (χ1) is 14.7. The second-order valence-electron chi connectivity index (χ2n) is 10.0. The molecular weight excluding hydrogens is 416 g/mol. The summed E-state index contributed by atoms with van der Waals surface area (Å²) in [5.74, 6) is -0.328. The average molecular weight is 463 g/mol. The van der Waals surface area contributed by atoms with E-state index in [0.717, 1.165) is 16.7 Å². The smallest absolute Gasteiger partial charge is 0.330 e.